The molecule has 1 atom stereocenters. The summed E-state index contributed by atoms with van der Waals surface area (Å²) in [7, 11) is 0. The van der Waals surface area contributed by atoms with Crippen LogP contribution in [0.4, 0.5) is 0 Å². The zero-order valence-corrected chi connectivity index (χ0v) is 20.3. The molecule has 180 valence electrons. The van der Waals surface area contributed by atoms with Crippen LogP contribution in [0.1, 0.15) is 40.9 Å². The molecular weight excluding hydrogens is 458 g/mol. The summed E-state index contributed by atoms with van der Waals surface area (Å²) in [6.07, 6.45) is 16.3. The van der Waals surface area contributed by atoms with Gasteiger partial charge < -0.3 is 4.90 Å². The first-order valence-corrected chi connectivity index (χ1v) is 12.7. The number of aromatic nitrogens is 4. The van der Waals surface area contributed by atoms with E-state index in [1.807, 2.05) is 53.8 Å². The minimum atomic E-state index is -0.0635. The number of likely N-dealkylation sites (tertiary alicyclic amines) is 1. The van der Waals surface area contributed by atoms with Gasteiger partial charge in [-0.1, -0.05) is 24.3 Å². The van der Waals surface area contributed by atoms with E-state index in [2.05, 4.69) is 55.7 Å². The van der Waals surface area contributed by atoms with Gasteiger partial charge in [-0.3, -0.25) is 14.2 Å². The number of rotatable bonds is 4. The second-order valence-corrected chi connectivity index (χ2v) is 10.1. The molecule has 1 aliphatic heterocycles. The Morgan fingerprint density at radius 1 is 1.00 bits per heavy atom. The summed E-state index contributed by atoms with van der Waals surface area (Å²) < 4.78 is 2.12. The van der Waals surface area contributed by atoms with E-state index in [0.29, 0.717) is 17.9 Å². The summed E-state index contributed by atoms with van der Waals surface area (Å²) in [5, 5.41) is 1.15. The molecular formula is C31H25N5O. The van der Waals surface area contributed by atoms with Crippen LogP contribution in [0.25, 0.3) is 27.8 Å². The van der Waals surface area contributed by atoms with Crippen molar-refractivity contribution in [3.8, 4) is 23.5 Å². The highest BCUT2D eigenvalue weighted by atomic mass is 16.2. The Kier molecular flexibility index (Phi) is 4.87. The fourth-order valence-corrected chi connectivity index (χ4v) is 5.64. The zero-order valence-electron chi connectivity index (χ0n) is 20.3. The van der Waals surface area contributed by atoms with Crippen LogP contribution in [0.3, 0.4) is 0 Å². The van der Waals surface area contributed by atoms with Crippen LogP contribution in [0.5, 0.6) is 0 Å². The van der Waals surface area contributed by atoms with Crippen LogP contribution >= 0.6 is 0 Å². The lowest BCUT2D eigenvalue weighted by Gasteiger charge is -2.17. The second-order valence-electron chi connectivity index (χ2n) is 10.1. The zero-order chi connectivity index (χ0) is 25.0. The van der Waals surface area contributed by atoms with Gasteiger partial charge in [0.05, 0.1) is 17.4 Å². The third-order valence-corrected chi connectivity index (χ3v) is 7.94. The molecule has 1 saturated heterocycles. The molecule has 0 spiro atoms. The number of imidazole rings is 1. The molecule has 1 saturated carbocycles. The number of pyridine rings is 1. The molecule has 2 fully saturated rings. The quantitative estimate of drug-likeness (QED) is 0.333. The highest BCUT2D eigenvalue weighted by Crippen LogP contribution is 2.53. The third-order valence-electron chi connectivity index (χ3n) is 7.94. The fraction of sp³-hybridized carbons (Fsp3) is 0.226. The third kappa shape index (κ3) is 3.58. The molecule has 2 aliphatic rings. The molecule has 5 aromatic rings. The second kappa shape index (κ2) is 8.28. The molecule has 37 heavy (non-hydrogen) atoms. The van der Waals surface area contributed by atoms with E-state index < -0.39 is 0 Å². The number of benzene rings is 2. The van der Waals surface area contributed by atoms with Crippen molar-refractivity contribution in [2.75, 3.05) is 13.1 Å². The van der Waals surface area contributed by atoms with Crippen LogP contribution in [0.15, 0.2) is 79.4 Å². The molecule has 3 aromatic heterocycles. The number of amides is 1. The Morgan fingerprint density at radius 2 is 1.84 bits per heavy atom. The summed E-state index contributed by atoms with van der Waals surface area (Å²) in [6.45, 7) is 1.35. The highest BCUT2D eigenvalue weighted by molar-refractivity contribution is 5.95. The fourth-order valence-electron chi connectivity index (χ4n) is 5.64. The van der Waals surface area contributed by atoms with Gasteiger partial charge in [-0.25, -0.2) is 9.97 Å². The van der Waals surface area contributed by atoms with Crippen molar-refractivity contribution in [3.05, 3.63) is 96.2 Å². The lowest BCUT2D eigenvalue weighted by Crippen LogP contribution is -2.28. The monoisotopic (exact) mass is 483 g/mol. The largest absolute Gasteiger partial charge is 0.337 e. The van der Waals surface area contributed by atoms with E-state index in [0.717, 1.165) is 53.5 Å². The molecule has 6 heteroatoms. The van der Waals surface area contributed by atoms with Crippen LogP contribution in [0.2, 0.25) is 0 Å². The van der Waals surface area contributed by atoms with Crippen molar-refractivity contribution in [1.82, 2.24) is 24.3 Å². The summed E-state index contributed by atoms with van der Waals surface area (Å²) in [4.78, 5) is 28.5. The van der Waals surface area contributed by atoms with Gasteiger partial charge in [-0.05, 0) is 60.7 Å². The lowest BCUT2D eigenvalue weighted by molar-refractivity contribution is 0.0790. The van der Waals surface area contributed by atoms with Gasteiger partial charge >= 0.3 is 0 Å². The molecule has 1 amide bonds. The van der Waals surface area contributed by atoms with Crippen LogP contribution in [0, 0.1) is 18.3 Å². The van der Waals surface area contributed by atoms with Crippen molar-refractivity contribution >= 4 is 22.6 Å². The minimum Gasteiger partial charge on any atom is -0.337 e. The summed E-state index contributed by atoms with van der Waals surface area (Å²) >= 11 is 0. The summed E-state index contributed by atoms with van der Waals surface area (Å²) in [6, 6.07) is 18.4. The molecule has 2 aromatic carbocycles. The highest BCUT2D eigenvalue weighted by Gasteiger charge is 2.48. The van der Waals surface area contributed by atoms with Crippen LogP contribution < -0.4 is 0 Å². The van der Waals surface area contributed by atoms with E-state index >= 15 is 0 Å². The summed E-state index contributed by atoms with van der Waals surface area (Å²) in [5.74, 6) is 3.66. The normalized spacial score (nSPS) is 18.2. The number of nitrogens with zero attached hydrogens (tertiary/aromatic N) is 5. The Morgan fingerprint density at radius 3 is 2.62 bits per heavy atom. The van der Waals surface area contributed by atoms with E-state index in [4.69, 9.17) is 6.42 Å². The van der Waals surface area contributed by atoms with Crippen LogP contribution in [-0.4, -0.2) is 43.2 Å². The van der Waals surface area contributed by atoms with Gasteiger partial charge in [0.1, 0.15) is 0 Å². The maximum Gasteiger partial charge on any atom is 0.253 e. The van der Waals surface area contributed by atoms with Crippen molar-refractivity contribution in [2.45, 2.75) is 24.7 Å². The average Bonchev–Trinajstić information content (AvgIpc) is 3.41. The first-order chi connectivity index (χ1) is 18.1. The van der Waals surface area contributed by atoms with Gasteiger partial charge in [-0.15, -0.1) is 12.3 Å². The lowest BCUT2D eigenvalue weighted by atomic mass is 9.91. The Bertz CT molecular complexity index is 1710. The standard InChI is InChI=1S/C31H25N5O/c1-2-21-11-15-35(19-21)29(37)23-7-5-22(6-8-23)25-17-33-30-34-18-28(36(30)20-25)31(12-13-31)26-9-10-27-24(16-26)4-3-14-32-27/h1,3-10,14,16-18,20-21H,11-13,15,19H2/t21-/m1/s1. The van der Waals surface area contributed by atoms with Crippen molar-refractivity contribution < 1.29 is 4.79 Å². The van der Waals surface area contributed by atoms with Gasteiger partial charge in [0, 0.05) is 59.5 Å². The number of hydrogen-bond acceptors (Lipinski definition) is 4. The molecule has 4 heterocycles. The van der Waals surface area contributed by atoms with Gasteiger partial charge in [0.2, 0.25) is 5.78 Å². The maximum atomic E-state index is 12.9. The van der Waals surface area contributed by atoms with Crippen molar-refractivity contribution in [1.29, 1.82) is 0 Å². The van der Waals surface area contributed by atoms with Crippen molar-refractivity contribution in [2.24, 2.45) is 5.92 Å². The SMILES string of the molecule is C#C[C@@H]1CCN(C(=O)c2ccc(-c3cnc4ncc(C5(c6ccc7ncccc7c6)CC5)n4c3)cc2)C1. The number of terminal acetylenes is 1. The Labute approximate surface area is 215 Å². The summed E-state index contributed by atoms with van der Waals surface area (Å²) in [5.41, 5.74) is 6.06. The van der Waals surface area contributed by atoms with Gasteiger partial charge in [0.15, 0.2) is 0 Å². The Hall–Kier alpha value is -4.50. The smallest absolute Gasteiger partial charge is 0.253 e. The van der Waals surface area contributed by atoms with E-state index in [1.54, 1.807) is 0 Å². The van der Waals surface area contributed by atoms with E-state index in [1.165, 1.54) is 5.56 Å². The first-order valence-electron chi connectivity index (χ1n) is 12.7. The predicted molar refractivity (Wildman–Crippen MR) is 143 cm³/mol. The predicted octanol–water partition coefficient (Wildman–Crippen LogP) is 5.12. The van der Waals surface area contributed by atoms with Gasteiger partial charge in [0.25, 0.3) is 5.91 Å². The molecule has 1 aliphatic carbocycles. The number of carbonyl (C=O) groups excluding carboxylic acids is 1. The van der Waals surface area contributed by atoms with Gasteiger partial charge in [-0.2, -0.15) is 0 Å². The number of hydrogen-bond donors (Lipinski definition) is 0. The van der Waals surface area contributed by atoms with E-state index in [9.17, 15) is 4.79 Å². The topological polar surface area (TPSA) is 63.4 Å². The Balaban J connectivity index is 1.21. The van der Waals surface area contributed by atoms with E-state index in [-0.39, 0.29) is 17.2 Å². The molecule has 0 N–H and O–H groups in total. The molecule has 7 rings (SSSR count). The molecule has 0 radical (unpaired) electrons. The molecule has 6 nitrogen and oxygen atoms in total. The number of fused-ring (bicyclic) bond motifs is 2. The number of carbonyl (C=O) groups is 1. The van der Waals surface area contributed by atoms with Crippen molar-refractivity contribution in [3.63, 3.8) is 0 Å². The molecule has 0 bridgehead atoms. The van der Waals surface area contributed by atoms with Crippen LogP contribution in [-0.2, 0) is 5.41 Å². The first kappa shape index (κ1) is 21.8. The minimum absolute atomic E-state index is 0.0380. The maximum absolute atomic E-state index is 12.9. The average molecular weight is 484 g/mol. The molecule has 0 unspecified atom stereocenters.